The maximum atomic E-state index is 14.2. The highest BCUT2D eigenvalue weighted by Gasteiger charge is 2.71. The van der Waals surface area contributed by atoms with Crippen LogP contribution in [0.15, 0.2) is 35.4 Å². The molecule has 13 atom stereocenters. The molecular weight excluding hydrogens is 792 g/mol. The van der Waals surface area contributed by atoms with Gasteiger partial charge in [0.05, 0.1) is 30.1 Å². The van der Waals surface area contributed by atoms with Crippen molar-refractivity contribution in [3.8, 4) is 0 Å². The van der Waals surface area contributed by atoms with Crippen LogP contribution in [0.25, 0.3) is 0 Å². The Balaban J connectivity index is 1.09. The Bertz CT molecular complexity index is 1940. The topological polar surface area (TPSA) is 162 Å². The molecule has 0 saturated heterocycles. The lowest BCUT2D eigenvalue weighted by Crippen LogP contribution is -2.66. The first-order valence-electron chi connectivity index (χ1n) is 23.2. The maximum Gasteiger partial charge on any atom is 0.309 e. The van der Waals surface area contributed by atoms with Gasteiger partial charge in [-0.2, -0.15) is 0 Å². The average molecular weight is 866 g/mol. The highest BCUT2D eigenvalue weighted by Crippen LogP contribution is 2.77. The van der Waals surface area contributed by atoms with Gasteiger partial charge in [-0.05, 0) is 140 Å². The largest absolute Gasteiger partial charge is 0.481 e. The van der Waals surface area contributed by atoms with E-state index in [1.807, 2.05) is 13.8 Å². The lowest BCUT2D eigenvalue weighted by atomic mass is 9.33. The van der Waals surface area contributed by atoms with Gasteiger partial charge >= 0.3 is 11.9 Å². The zero-order valence-corrected chi connectivity index (χ0v) is 39.1. The van der Waals surface area contributed by atoms with Crippen LogP contribution in [0.4, 0.5) is 0 Å². The van der Waals surface area contributed by atoms with Gasteiger partial charge in [-0.25, -0.2) is 0 Å². The van der Waals surface area contributed by atoms with Crippen LogP contribution in [0.2, 0.25) is 5.02 Å². The molecule has 0 aromatic heterocycles. The molecule has 0 bridgehead atoms. The molecule has 7 rings (SSSR count). The van der Waals surface area contributed by atoms with Crippen molar-refractivity contribution in [2.75, 3.05) is 13.1 Å². The summed E-state index contributed by atoms with van der Waals surface area (Å²) >= 11 is 6.02. The number of aliphatic hydroxyl groups is 2. The summed E-state index contributed by atoms with van der Waals surface area (Å²) in [5.74, 6) is -1.20. The molecule has 5 fully saturated rings. The van der Waals surface area contributed by atoms with E-state index in [1.165, 1.54) is 5.57 Å². The minimum absolute atomic E-state index is 0.00850. The van der Waals surface area contributed by atoms with Crippen LogP contribution in [0.5, 0.6) is 0 Å². The number of hydrogen-bond acceptors (Lipinski definition) is 8. The first-order chi connectivity index (χ1) is 28.4. The number of carbonyl (C=O) groups excluding carboxylic acids is 3. The van der Waals surface area contributed by atoms with Gasteiger partial charge in [0, 0.05) is 40.9 Å². The SMILES string of the molecule is CC(C)C1=C2[C@H]3CC[C@@H]4[C@@]5(C)CC[C@H](OC(=O)[C@H]6C[C@@H](C(=O)O)C6(C)C)C(C)(C)[C@@H]5CC[C@@]4(C)[C@]3(C)CC[C@@]2([C@@H](O)CNC[C@H](NC(=O)c2ccc(Cl)cc2)C(C)O)CC1=O. The van der Waals surface area contributed by atoms with Crippen molar-refractivity contribution in [3.63, 3.8) is 0 Å². The van der Waals surface area contributed by atoms with Gasteiger partial charge in [0.2, 0.25) is 0 Å². The number of fused-ring (bicyclic) bond motifs is 7. The third-order valence-corrected chi connectivity index (χ3v) is 19.1. The Morgan fingerprint density at radius 2 is 1.49 bits per heavy atom. The van der Waals surface area contributed by atoms with E-state index in [2.05, 4.69) is 59.1 Å². The van der Waals surface area contributed by atoms with Crippen LogP contribution in [-0.4, -0.2) is 76.4 Å². The second-order valence-corrected chi connectivity index (χ2v) is 23.1. The van der Waals surface area contributed by atoms with Gasteiger partial charge in [-0.1, -0.05) is 79.5 Å². The van der Waals surface area contributed by atoms with Crippen molar-refractivity contribution in [3.05, 3.63) is 46.0 Å². The van der Waals surface area contributed by atoms with E-state index in [9.17, 15) is 34.5 Å². The number of esters is 1. The predicted molar refractivity (Wildman–Crippen MR) is 236 cm³/mol. The van der Waals surface area contributed by atoms with E-state index in [0.29, 0.717) is 35.3 Å². The second kappa shape index (κ2) is 16.0. The van der Waals surface area contributed by atoms with Gasteiger partial charge in [0.15, 0.2) is 5.78 Å². The number of rotatable bonds is 12. The fourth-order valence-corrected chi connectivity index (χ4v) is 15.1. The van der Waals surface area contributed by atoms with Crippen molar-refractivity contribution in [1.82, 2.24) is 10.6 Å². The highest BCUT2D eigenvalue weighted by atomic mass is 35.5. The van der Waals surface area contributed by atoms with Gasteiger partial charge in [0.1, 0.15) is 6.10 Å². The van der Waals surface area contributed by atoms with Crippen molar-refractivity contribution in [2.24, 2.45) is 68.0 Å². The number of nitrogens with one attached hydrogen (secondary N) is 2. The molecule has 1 amide bonds. The number of ketones is 1. The normalized spacial score (nSPS) is 38.8. The third-order valence-electron chi connectivity index (χ3n) is 18.9. The smallest absolute Gasteiger partial charge is 0.309 e. The number of Topliss-reactive ketones (excluding diaryl/α,β-unsaturated/α-hetero) is 1. The summed E-state index contributed by atoms with van der Waals surface area (Å²) in [5, 5.41) is 39.5. The van der Waals surface area contributed by atoms with Gasteiger partial charge < -0.3 is 30.7 Å². The van der Waals surface area contributed by atoms with E-state index in [-0.39, 0.29) is 70.3 Å². The Labute approximate surface area is 368 Å². The summed E-state index contributed by atoms with van der Waals surface area (Å²) < 4.78 is 6.42. The molecule has 1 aromatic carbocycles. The number of aliphatic hydroxyl groups excluding tert-OH is 2. The molecule has 6 aliphatic rings. The van der Waals surface area contributed by atoms with Crippen molar-refractivity contribution in [1.29, 1.82) is 0 Å². The molecule has 11 heteroatoms. The van der Waals surface area contributed by atoms with Crippen LogP contribution in [0, 0.1) is 68.0 Å². The van der Waals surface area contributed by atoms with Crippen LogP contribution >= 0.6 is 11.6 Å². The Hall–Kier alpha value is -2.79. The van der Waals surface area contributed by atoms with Crippen molar-refractivity contribution in [2.45, 2.75) is 158 Å². The maximum absolute atomic E-state index is 14.2. The van der Waals surface area contributed by atoms with E-state index in [4.69, 9.17) is 16.3 Å². The van der Waals surface area contributed by atoms with E-state index < -0.39 is 46.9 Å². The van der Waals surface area contributed by atoms with Gasteiger partial charge in [-0.15, -0.1) is 0 Å². The molecule has 0 radical (unpaired) electrons. The molecule has 5 N–H and O–H groups in total. The lowest BCUT2D eigenvalue weighted by Gasteiger charge is -2.72. The predicted octanol–water partition coefficient (Wildman–Crippen LogP) is 8.41. The fraction of sp³-hybridized carbons (Fsp3) is 0.760. The standard InChI is InChI=1S/C50H73ClN2O8/c1-27(2)40-35(55)24-50(38(56)26-52-25-34(28(3)54)53-42(57)29-11-13-30(51)14-12-29)22-21-48(9)31(41(40)50)15-16-37-47(8)19-18-39(46(6,7)36(47)17-20-49(37,48)10)61-44(60)33-23-32(43(58)59)45(33,4)5/h11-14,27-28,31-34,36-39,52,54,56H,15-26H2,1-10H3,(H,53,57)(H,58,59)/t28?,31-,32+,33-,34+,36+,37-,38+,39+,47+,48-,49-,50+/m1/s1. The Kier molecular flexibility index (Phi) is 12.1. The van der Waals surface area contributed by atoms with Crippen LogP contribution in [0.3, 0.4) is 0 Å². The van der Waals surface area contributed by atoms with Gasteiger partial charge in [0.25, 0.3) is 5.91 Å². The summed E-state index contributed by atoms with van der Waals surface area (Å²) in [6.07, 6.45) is 6.19. The minimum atomic E-state index is -0.846. The zero-order valence-electron chi connectivity index (χ0n) is 38.3. The lowest BCUT2D eigenvalue weighted by molar-refractivity contribution is -0.238. The van der Waals surface area contributed by atoms with Crippen LogP contribution in [0.1, 0.15) is 144 Å². The number of allylic oxidation sites excluding steroid dienone is 1. The molecule has 1 unspecified atom stereocenters. The number of ether oxygens (including phenoxy) is 1. The molecule has 61 heavy (non-hydrogen) atoms. The molecule has 0 spiro atoms. The Morgan fingerprint density at radius 1 is 0.820 bits per heavy atom. The van der Waals surface area contributed by atoms with Crippen LogP contribution in [-0.2, 0) is 19.1 Å². The minimum Gasteiger partial charge on any atom is -0.481 e. The molecule has 0 heterocycles. The third kappa shape index (κ3) is 7.24. The monoisotopic (exact) mass is 865 g/mol. The summed E-state index contributed by atoms with van der Waals surface area (Å²) in [7, 11) is 0. The summed E-state index contributed by atoms with van der Waals surface area (Å²) in [6.45, 7) is 22.2. The first-order valence-corrected chi connectivity index (χ1v) is 23.6. The first kappa shape index (κ1) is 46.2. The van der Waals surface area contributed by atoms with E-state index in [0.717, 1.165) is 56.9 Å². The zero-order chi connectivity index (χ0) is 44.8. The number of carboxylic acid groups (broad SMARTS) is 1. The number of carbonyl (C=O) groups is 4. The fourth-order valence-electron chi connectivity index (χ4n) is 15.0. The van der Waals surface area contributed by atoms with Gasteiger partial charge in [-0.3, -0.25) is 19.2 Å². The van der Waals surface area contributed by atoms with Crippen molar-refractivity contribution >= 4 is 35.2 Å². The summed E-state index contributed by atoms with van der Waals surface area (Å²) in [6, 6.07) is 5.99. The molecule has 5 saturated carbocycles. The number of aliphatic carboxylic acids is 1. The average Bonchev–Trinajstić information content (AvgIpc) is 3.48. The number of amides is 1. The number of benzene rings is 1. The van der Waals surface area contributed by atoms with Crippen molar-refractivity contribution < 1.29 is 39.2 Å². The number of carboxylic acids is 1. The molecule has 0 aliphatic heterocycles. The summed E-state index contributed by atoms with van der Waals surface area (Å²) in [4.78, 5) is 52.7. The molecule has 338 valence electrons. The molecule has 1 aromatic rings. The van der Waals surface area contributed by atoms with E-state index in [1.54, 1.807) is 31.2 Å². The number of halogens is 1. The van der Waals surface area contributed by atoms with E-state index >= 15 is 0 Å². The molecule has 10 nitrogen and oxygen atoms in total. The highest BCUT2D eigenvalue weighted by molar-refractivity contribution is 6.30. The second-order valence-electron chi connectivity index (χ2n) is 22.6. The summed E-state index contributed by atoms with van der Waals surface area (Å²) in [5.41, 5.74) is 0.933. The van der Waals surface area contributed by atoms with Crippen LogP contribution < -0.4 is 10.6 Å². The quantitative estimate of drug-likeness (QED) is 0.130. The molecule has 6 aliphatic carbocycles. The number of hydrogen-bond donors (Lipinski definition) is 5. The Morgan fingerprint density at radius 3 is 2.10 bits per heavy atom. The molecular formula is C50H73ClN2O8.